The zero-order valence-electron chi connectivity index (χ0n) is 10.2. The molecule has 0 unspecified atom stereocenters. The molecule has 1 aromatic rings. The molecule has 0 atom stereocenters. The Bertz CT molecular complexity index is 532. The van der Waals surface area contributed by atoms with Crippen molar-refractivity contribution in [2.75, 3.05) is 18.4 Å². The molecule has 0 aromatic heterocycles. The summed E-state index contributed by atoms with van der Waals surface area (Å²) in [6.07, 6.45) is 0. The summed E-state index contributed by atoms with van der Waals surface area (Å²) in [5, 5.41) is 5.30. The number of anilines is 1. The van der Waals surface area contributed by atoms with Crippen LogP contribution in [0, 0.1) is 18.6 Å². The Kier molecular flexibility index (Phi) is 3.43. The van der Waals surface area contributed by atoms with E-state index in [1.54, 1.807) is 6.92 Å². The summed E-state index contributed by atoms with van der Waals surface area (Å²) in [5.41, 5.74) is 1.38. The second-order valence-corrected chi connectivity index (χ2v) is 4.34. The van der Waals surface area contributed by atoms with Gasteiger partial charge in [-0.2, -0.15) is 0 Å². The third-order valence-electron chi connectivity index (χ3n) is 3.07. The largest absolute Gasteiger partial charge is 0.317 e. The molecule has 0 aliphatic carbocycles. The highest BCUT2D eigenvalue weighted by Gasteiger charge is 2.19. The first kappa shape index (κ1) is 12.7. The van der Waals surface area contributed by atoms with Crippen LogP contribution in [-0.4, -0.2) is 19.0 Å². The highest BCUT2D eigenvalue weighted by Crippen LogP contribution is 2.22. The van der Waals surface area contributed by atoms with Gasteiger partial charge in [-0.25, -0.2) is 8.78 Å². The minimum absolute atomic E-state index is 0.294. The van der Waals surface area contributed by atoms with Crippen molar-refractivity contribution in [3.05, 3.63) is 40.5 Å². The highest BCUT2D eigenvalue weighted by atomic mass is 19.1. The van der Waals surface area contributed by atoms with Crippen LogP contribution in [-0.2, 0) is 4.79 Å². The van der Waals surface area contributed by atoms with Crippen molar-refractivity contribution >= 4 is 11.6 Å². The van der Waals surface area contributed by atoms with Gasteiger partial charge in [0, 0.05) is 18.7 Å². The molecule has 0 radical (unpaired) electrons. The van der Waals surface area contributed by atoms with Crippen molar-refractivity contribution in [1.29, 1.82) is 0 Å². The number of amides is 1. The quantitative estimate of drug-likeness (QED) is 0.792. The number of carbonyl (C=O) groups is 1. The normalized spacial score (nSPS) is 14.1. The molecule has 2 N–H and O–H groups in total. The fraction of sp³-hybridized carbons (Fsp3) is 0.308. The van der Waals surface area contributed by atoms with E-state index in [1.165, 1.54) is 13.0 Å². The van der Waals surface area contributed by atoms with Crippen LogP contribution in [0.15, 0.2) is 23.3 Å². The molecule has 1 aliphatic heterocycles. The molecule has 5 heteroatoms. The molecule has 1 amide bonds. The highest BCUT2D eigenvalue weighted by molar-refractivity contribution is 6.04. The van der Waals surface area contributed by atoms with E-state index in [4.69, 9.17) is 0 Å². The van der Waals surface area contributed by atoms with Crippen molar-refractivity contribution in [1.82, 2.24) is 5.32 Å². The Balaban J connectivity index is 2.24. The van der Waals surface area contributed by atoms with Gasteiger partial charge in [0.15, 0.2) is 5.82 Å². The lowest BCUT2D eigenvalue weighted by atomic mass is 10.0. The van der Waals surface area contributed by atoms with Crippen LogP contribution in [0.3, 0.4) is 0 Å². The number of benzene rings is 1. The zero-order chi connectivity index (χ0) is 13.3. The molecule has 96 valence electrons. The maximum atomic E-state index is 13.7. The van der Waals surface area contributed by atoms with Crippen molar-refractivity contribution in [3.8, 4) is 0 Å². The minimum atomic E-state index is -0.768. The number of halogens is 2. The average molecular weight is 252 g/mol. The fourth-order valence-electron chi connectivity index (χ4n) is 1.65. The topological polar surface area (TPSA) is 41.1 Å². The van der Waals surface area contributed by atoms with Gasteiger partial charge in [0.05, 0.1) is 0 Å². The third-order valence-corrected chi connectivity index (χ3v) is 3.07. The van der Waals surface area contributed by atoms with E-state index in [0.29, 0.717) is 24.2 Å². The van der Waals surface area contributed by atoms with Gasteiger partial charge in [-0.1, -0.05) is 6.07 Å². The minimum Gasteiger partial charge on any atom is -0.317 e. The summed E-state index contributed by atoms with van der Waals surface area (Å²) >= 11 is 0. The number of carbonyl (C=O) groups excluding carboxylic acids is 1. The Hall–Kier alpha value is -1.75. The third kappa shape index (κ3) is 2.26. The smallest absolute Gasteiger partial charge is 0.251 e. The summed E-state index contributed by atoms with van der Waals surface area (Å²) in [4.78, 5) is 11.8. The zero-order valence-corrected chi connectivity index (χ0v) is 10.2. The number of rotatable bonds is 2. The Morgan fingerprint density at radius 2 is 2.00 bits per heavy atom. The van der Waals surface area contributed by atoms with Crippen LogP contribution in [0.2, 0.25) is 0 Å². The number of hydrogen-bond acceptors (Lipinski definition) is 2. The molecule has 0 spiro atoms. The van der Waals surface area contributed by atoms with Crippen LogP contribution in [0.25, 0.3) is 0 Å². The van der Waals surface area contributed by atoms with Gasteiger partial charge < -0.3 is 10.6 Å². The molecule has 3 nitrogen and oxygen atoms in total. The van der Waals surface area contributed by atoms with Gasteiger partial charge in [0.25, 0.3) is 5.91 Å². The van der Waals surface area contributed by atoms with E-state index < -0.39 is 17.5 Å². The van der Waals surface area contributed by atoms with E-state index >= 15 is 0 Å². The summed E-state index contributed by atoms with van der Waals surface area (Å²) < 4.78 is 27.2. The number of hydrogen-bond donors (Lipinski definition) is 2. The molecule has 2 rings (SSSR count). The first-order valence-electron chi connectivity index (χ1n) is 5.66. The fourth-order valence-corrected chi connectivity index (χ4v) is 1.65. The standard InChI is InChI=1S/C13H14F2N2O/c1-7-3-4-10(14)12(11(7)15)17-13(18)8(2)9-5-16-6-9/h3-4,16H,5-6H2,1-2H3,(H,17,18). The maximum Gasteiger partial charge on any atom is 0.251 e. The second-order valence-electron chi connectivity index (χ2n) is 4.34. The van der Waals surface area contributed by atoms with Crippen LogP contribution in [0.1, 0.15) is 12.5 Å². The van der Waals surface area contributed by atoms with Crippen LogP contribution >= 0.6 is 0 Å². The molecule has 1 fully saturated rings. The number of aryl methyl sites for hydroxylation is 1. The lowest BCUT2D eigenvalue weighted by molar-refractivity contribution is -0.112. The van der Waals surface area contributed by atoms with E-state index in [2.05, 4.69) is 10.6 Å². The van der Waals surface area contributed by atoms with E-state index in [-0.39, 0.29) is 5.69 Å². The van der Waals surface area contributed by atoms with Gasteiger partial charge in [-0.15, -0.1) is 0 Å². The molecular weight excluding hydrogens is 238 g/mol. The van der Waals surface area contributed by atoms with Crippen LogP contribution in [0.5, 0.6) is 0 Å². The van der Waals surface area contributed by atoms with Gasteiger partial charge in [-0.05, 0) is 31.1 Å². The predicted molar refractivity (Wildman–Crippen MR) is 65.3 cm³/mol. The molecule has 1 aromatic carbocycles. The van der Waals surface area contributed by atoms with Gasteiger partial charge in [0.1, 0.15) is 11.5 Å². The van der Waals surface area contributed by atoms with Crippen molar-refractivity contribution < 1.29 is 13.6 Å². The van der Waals surface area contributed by atoms with E-state index in [0.717, 1.165) is 11.6 Å². The lowest BCUT2D eigenvalue weighted by Gasteiger charge is -2.21. The molecular formula is C13H14F2N2O. The Labute approximate surface area is 104 Å². The van der Waals surface area contributed by atoms with Crippen molar-refractivity contribution in [2.45, 2.75) is 13.8 Å². The van der Waals surface area contributed by atoms with Crippen LogP contribution < -0.4 is 10.6 Å². The molecule has 18 heavy (non-hydrogen) atoms. The van der Waals surface area contributed by atoms with Gasteiger partial charge >= 0.3 is 0 Å². The van der Waals surface area contributed by atoms with Crippen molar-refractivity contribution in [3.63, 3.8) is 0 Å². The molecule has 0 bridgehead atoms. The second kappa shape index (κ2) is 4.86. The molecule has 1 aliphatic rings. The van der Waals surface area contributed by atoms with E-state index in [9.17, 15) is 13.6 Å². The summed E-state index contributed by atoms with van der Waals surface area (Å²) in [6, 6.07) is 2.48. The summed E-state index contributed by atoms with van der Waals surface area (Å²) in [6.45, 7) is 4.47. The van der Waals surface area contributed by atoms with E-state index in [1.807, 2.05) is 0 Å². The Morgan fingerprint density at radius 1 is 1.33 bits per heavy atom. The summed E-state index contributed by atoms with van der Waals surface area (Å²) in [7, 11) is 0. The lowest BCUT2D eigenvalue weighted by Crippen LogP contribution is -2.36. The average Bonchev–Trinajstić information content (AvgIpc) is 2.27. The van der Waals surface area contributed by atoms with Crippen LogP contribution in [0.4, 0.5) is 14.5 Å². The SMILES string of the molecule is CC(C(=O)Nc1c(F)ccc(C)c1F)=C1CNC1. The Morgan fingerprint density at radius 3 is 2.56 bits per heavy atom. The monoisotopic (exact) mass is 252 g/mol. The first-order valence-corrected chi connectivity index (χ1v) is 5.66. The first-order chi connectivity index (χ1) is 8.50. The molecule has 1 saturated heterocycles. The maximum absolute atomic E-state index is 13.7. The predicted octanol–water partition coefficient (Wildman–Crippen LogP) is 2.13. The molecule has 0 saturated carbocycles. The van der Waals surface area contributed by atoms with Crippen molar-refractivity contribution in [2.24, 2.45) is 0 Å². The van der Waals surface area contributed by atoms with Gasteiger partial charge in [-0.3, -0.25) is 4.79 Å². The number of nitrogens with one attached hydrogen (secondary N) is 2. The summed E-state index contributed by atoms with van der Waals surface area (Å²) in [5.74, 6) is -1.96. The van der Waals surface area contributed by atoms with Gasteiger partial charge in [0.2, 0.25) is 0 Å². The molecule has 1 heterocycles.